The molecular weight excluding hydrogens is 330 g/mol. The predicted molar refractivity (Wildman–Crippen MR) is 97.7 cm³/mol. The van der Waals surface area contributed by atoms with Gasteiger partial charge >= 0.3 is 0 Å². The first-order valence-electron chi connectivity index (χ1n) is 9.02. The summed E-state index contributed by atoms with van der Waals surface area (Å²) in [6, 6.07) is 7.40. The molecule has 3 heterocycles. The third kappa shape index (κ3) is 2.96. The number of carbonyl (C=O) groups is 1. The largest absolute Gasteiger partial charge is 0.340 e. The van der Waals surface area contributed by atoms with Crippen LogP contribution in [0, 0.1) is 5.92 Å². The van der Waals surface area contributed by atoms with E-state index in [-0.39, 0.29) is 17.9 Å². The van der Waals surface area contributed by atoms with Crippen molar-refractivity contribution in [1.29, 1.82) is 0 Å². The molecule has 0 fully saturated rings. The number of fused-ring (bicyclic) bond motifs is 2. The molecule has 0 unspecified atom stereocenters. The Morgan fingerprint density at radius 3 is 2.92 bits per heavy atom. The fraction of sp³-hybridized carbons (Fsp3) is 0.444. The second kappa shape index (κ2) is 6.87. The zero-order valence-corrected chi connectivity index (χ0v) is 15.0. The van der Waals surface area contributed by atoms with Crippen LogP contribution < -0.4 is 10.6 Å². The Morgan fingerprint density at radius 2 is 2.08 bits per heavy atom. The maximum Gasteiger partial charge on any atom is 0.273 e. The summed E-state index contributed by atoms with van der Waals surface area (Å²) in [6.07, 6.45) is 0.843. The zero-order valence-electron chi connectivity index (χ0n) is 15.0. The smallest absolute Gasteiger partial charge is 0.273 e. The van der Waals surface area contributed by atoms with Crippen LogP contribution in [0.1, 0.15) is 42.0 Å². The van der Waals surface area contributed by atoms with Gasteiger partial charge in [0.05, 0.1) is 11.6 Å². The molecule has 1 atom stereocenters. The lowest BCUT2D eigenvalue weighted by Gasteiger charge is -2.22. The molecule has 0 saturated carbocycles. The summed E-state index contributed by atoms with van der Waals surface area (Å²) in [7, 11) is 0. The van der Waals surface area contributed by atoms with Crippen LogP contribution in [0.4, 0.5) is 0 Å². The number of benzene rings is 1. The molecule has 1 amide bonds. The number of aromatic nitrogens is 5. The molecule has 1 aliphatic heterocycles. The van der Waals surface area contributed by atoms with Crippen LogP contribution in [0.25, 0.3) is 10.9 Å². The minimum atomic E-state index is -0.225. The molecule has 0 saturated heterocycles. The van der Waals surface area contributed by atoms with Crippen LogP contribution in [0.3, 0.4) is 0 Å². The van der Waals surface area contributed by atoms with E-state index in [2.05, 4.69) is 49.4 Å². The van der Waals surface area contributed by atoms with Gasteiger partial charge in [0, 0.05) is 31.4 Å². The lowest BCUT2D eigenvalue weighted by molar-refractivity contribution is 0.0918. The fourth-order valence-corrected chi connectivity index (χ4v) is 3.40. The molecule has 0 radical (unpaired) electrons. The molecule has 3 aromatic rings. The summed E-state index contributed by atoms with van der Waals surface area (Å²) in [6.45, 7) is 6.73. The average Bonchev–Trinajstić information content (AvgIpc) is 3.16. The highest BCUT2D eigenvalue weighted by molar-refractivity contribution is 6.04. The number of aromatic amines is 1. The van der Waals surface area contributed by atoms with Crippen molar-refractivity contribution in [2.45, 2.75) is 32.9 Å². The van der Waals surface area contributed by atoms with Gasteiger partial charge in [0.1, 0.15) is 5.82 Å². The second-order valence-corrected chi connectivity index (χ2v) is 6.94. The van der Waals surface area contributed by atoms with Crippen molar-refractivity contribution < 1.29 is 4.79 Å². The average molecular weight is 353 g/mol. The van der Waals surface area contributed by atoms with E-state index >= 15 is 0 Å². The lowest BCUT2D eigenvalue weighted by Crippen LogP contribution is -2.34. The Morgan fingerprint density at radius 1 is 1.23 bits per heavy atom. The Bertz CT molecular complexity index is 927. The van der Waals surface area contributed by atoms with Crippen molar-refractivity contribution >= 4 is 16.8 Å². The van der Waals surface area contributed by atoms with Gasteiger partial charge in [-0.3, -0.25) is 9.89 Å². The highest BCUT2D eigenvalue weighted by Crippen LogP contribution is 2.23. The number of nitrogens with one attached hydrogen (secondary N) is 3. The van der Waals surface area contributed by atoms with Gasteiger partial charge in [-0.2, -0.15) is 5.10 Å². The number of H-pyrrole nitrogens is 1. The predicted octanol–water partition coefficient (Wildman–Crippen LogP) is 1.43. The van der Waals surface area contributed by atoms with Gasteiger partial charge in [-0.15, -0.1) is 10.2 Å². The summed E-state index contributed by atoms with van der Waals surface area (Å²) in [4.78, 5) is 12.9. The molecule has 4 rings (SSSR count). The maximum absolute atomic E-state index is 12.9. The molecule has 136 valence electrons. The van der Waals surface area contributed by atoms with Crippen molar-refractivity contribution in [2.24, 2.45) is 5.92 Å². The van der Waals surface area contributed by atoms with E-state index in [1.54, 1.807) is 0 Å². The van der Waals surface area contributed by atoms with Crippen LogP contribution in [0.2, 0.25) is 0 Å². The van der Waals surface area contributed by atoms with Crippen LogP contribution in [0.5, 0.6) is 0 Å². The van der Waals surface area contributed by atoms with Gasteiger partial charge in [0.15, 0.2) is 11.5 Å². The number of nitrogens with zero attached hydrogens (tertiary/aromatic N) is 4. The highest BCUT2D eigenvalue weighted by atomic mass is 16.2. The molecule has 8 heteroatoms. The summed E-state index contributed by atoms with van der Waals surface area (Å²) >= 11 is 0. The van der Waals surface area contributed by atoms with E-state index in [1.807, 2.05) is 24.3 Å². The summed E-state index contributed by atoms with van der Waals surface area (Å²) in [5, 5.41) is 23.2. The maximum atomic E-state index is 12.9. The van der Waals surface area contributed by atoms with Crippen LogP contribution in [-0.4, -0.2) is 44.0 Å². The van der Waals surface area contributed by atoms with E-state index in [4.69, 9.17) is 0 Å². The Hall–Kier alpha value is -2.74. The number of rotatable bonds is 4. The molecule has 0 spiro atoms. The molecule has 26 heavy (non-hydrogen) atoms. The Kier molecular flexibility index (Phi) is 4.42. The molecule has 2 aromatic heterocycles. The van der Waals surface area contributed by atoms with Crippen molar-refractivity contribution in [3.63, 3.8) is 0 Å². The second-order valence-electron chi connectivity index (χ2n) is 6.94. The van der Waals surface area contributed by atoms with Gasteiger partial charge in [-0.25, -0.2) is 0 Å². The quantitative estimate of drug-likeness (QED) is 0.659. The summed E-state index contributed by atoms with van der Waals surface area (Å²) < 4.78 is 2.13. The first-order valence-corrected chi connectivity index (χ1v) is 9.02. The molecule has 3 N–H and O–H groups in total. The third-order valence-corrected chi connectivity index (χ3v) is 4.81. The Balaban J connectivity index is 1.64. The first kappa shape index (κ1) is 16.7. The number of hydrogen-bond donors (Lipinski definition) is 3. The van der Waals surface area contributed by atoms with E-state index in [9.17, 15) is 4.79 Å². The van der Waals surface area contributed by atoms with E-state index in [0.717, 1.165) is 48.6 Å². The van der Waals surface area contributed by atoms with Gasteiger partial charge in [0.25, 0.3) is 5.91 Å². The minimum Gasteiger partial charge on any atom is -0.340 e. The molecule has 1 aliphatic rings. The van der Waals surface area contributed by atoms with Gasteiger partial charge in [-0.1, -0.05) is 32.0 Å². The van der Waals surface area contributed by atoms with Crippen molar-refractivity contribution in [2.75, 3.05) is 13.1 Å². The van der Waals surface area contributed by atoms with Gasteiger partial charge < -0.3 is 15.2 Å². The van der Waals surface area contributed by atoms with E-state index in [0.29, 0.717) is 5.69 Å². The van der Waals surface area contributed by atoms with Gasteiger partial charge in [-0.05, 0) is 12.0 Å². The Labute approximate surface area is 151 Å². The van der Waals surface area contributed by atoms with Crippen LogP contribution >= 0.6 is 0 Å². The SMILES string of the molecule is CC(C)[C@H](NC(=O)c1n[nH]c2ccccc12)c1nnc2n1CCNCC2. The molecule has 1 aromatic carbocycles. The third-order valence-electron chi connectivity index (χ3n) is 4.81. The molecule has 0 bridgehead atoms. The highest BCUT2D eigenvalue weighted by Gasteiger charge is 2.27. The summed E-state index contributed by atoms with van der Waals surface area (Å²) in [5.74, 6) is 1.75. The summed E-state index contributed by atoms with van der Waals surface area (Å²) in [5.41, 5.74) is 1.25. The first-order chi connectivity index (χ1) is 12.6. The monoisotopic (exact) mass is 353 g/mol. The number of amides is 1. The molecule has 8 nitrogen and oxygen atoms in total. The fourth-order valence-electron chi connectivity index (χ4n) is 3.40. The van der Waals surface area contributed by atoms with Crippen LogP contribution in [0.15, 0.2) is 24.3 Å². The minimum absolute atomic E-state index is 0.175. The van der Waals surface area contributed by atoms with Gasteiger partial charge in [0.2, 0.25) is 0 Å². The standard InChI is InChI=1S/C18H23N7O/c1-11(2)15(17-24-22-14-7-8-19-9-10-25(14)17)20-18(26)16-12-5-3-4-6-13(12)21-23-16/h3-6,11,15,19H,7-10H2,1-2H3,(H,20,26)(H,21,23)/t15-/m0/s1. The molecular formula is C18H23N7O. The normalized spacial score (nSPS) is 15.7. The van der Waals surface area contributed by atoms with Crippen molar-refractivity contribution in [1.82, 2.24) is 35.6 Å². The van der Waals surface area contributed by atoms with E-state index < -0.39 is 0 Å². The number of para-hydroxylation sites is 1. The van der Waals surface area contributed by atoms with Crippen molar-refractivity contribution in [3.8, 4) is 0 Å². The molecule has 0 aliphatic carbocycles. The number of hydrogen-bond acceptors (Lipinski definition) is 5. The van der Waals surface area contributed by atoms with E-state index in [1.165, 1.54) is 0 Å². The topological polar surface area (TPSA) is 101 Å². The number of carbonyl (C=O) groups excluding carboxylic acids is 1. The zero-order chi connectivity index (χ0) is 18.1. The van der Waals surface area contributed by atoms with Crippen molar-refractivity contribution in [3.05, 3.63) is 41.6 Å². The van der Waals surface area contributed by atoms with Crippen LogP contribution in [-0.2, 0) is 13.0 Å². The lowest BCUT2D eigenvalue weighted by atomic mass is 10.0.